The molecule has 3 nitrogen and oxygen atoms in total. The number of carbonyl (C=O) groups excluding carboxylic acids is 1. The number of nitrogens with zero attached hydrogens (tertiary/aromatic N) is 1. The van der Waals surface area contributed by atoms with E-state index >= 15 is 0 Å². The van der Waals surface area contributed by atoms with Crippen molar-refractivity contribution in [2.45, 2.75) is 13.3 Å². The van der Waals surface area contributed by atoms with Gasteiger partial charge in [0, 0.05) is 5.71 Å². The number of aliphatic imine (C=N–C) groups is 1. The summed E-state index contributed by atoms with van der Waals surface area (Å²) in [4.78, 5) is 15.3. The standard InChI is InChI=1S/C11H12N2O/c1-8-2-4-9(5-3-8)13-10-6-11(14)12-7-10/h2-5H,6-7H2,1H3,(H,12,14). The number of carbonyl (C=O) groups is 1. The van der Waals surface area contributed by atoms with Gasteiger partial charge in [-0.25, -0.2) is 0 Å². The van der Waals surface area contributed by atoms with Crippen LogP contribution in [0.25, 0.3) is 0 Å². The molecular weight excluding hydrogens is 176 g/mol. The van der Waals surface area contributed by atoms with E-state index in [-0.39, 0.29) is 5.91 Å². The molecule has 1 aliphatic rings. The Morgan fingerprint density at radius 3 is 2.57 bits per heavy atom. The van der Waals surface area contributed by atoms with Crippen molar-refractivity contribution < 1.29 is 4.79 Å². The second-order valence-corrected chi connectivity index (χ2v) is 3.47. The van der Waals surface area contributed by atoms with Crippen molar-refractivity contribution in [2.24, 2.45) is 4.99 Å². The molecular formula is C11H12N2O. The highest BCUT2D eigenvalue weighted by Crippen LogP contribution is 2.14. The molecule has 3 heteroatoms. The number of aryl methyl sites for hydroxylation is 1. The Balaban J connectivity index is 2.17. The molecule has 0 aliphatic carbocycles. The molecule has 0 atom stereocenters. The third-order valence-electron chi connectivity index (χ3n) is 2.18. The first-order valence-corrected chi connectivity index (χ1v) is 4.64. The van der Waals surface area contributed by atoms with Gasteiger partial charge < -0.3 is 5.32 Å². The Morgan fingerprint density at radius 2 is 2.00 bits per heavy atom. The third-order valence-corrected chi connectivity index (χ3v) is 2.18. The van der Waals surface area contributed by atoms with Gasteiger partial charge in [0.2, 0.25) is 5.91 Å². The van der Waals surface area contributed by atoms with Gasteiger partial charge in [-0.3, -0.25) is 9.79 Å². The fourth-order valence-electron chi connectivity index (χ4n) is 1.39. The van der Waals surface area contributed by atoms with Crippen molar-refractivity contribution in [3.05, 3.63) is 29.8 Å². The first kappa shape index (κ1) is 8.94. The molecule has 0 saturated carbocycles. The van der Waals surface area contributed by atoms with Crippen LogP contribution in [0.4, 0.5) is 5.69 Å². The minimum Gasteiger partial charge on any atom is -0.350 e. The van der Waals surface area contributed by atoms with Crippen LogP contribution < -0.4 is 5.32 Å². The van der Waals surface area contributed by atoms with E-state index < -0.39 is 0 Å². The van der Waals surface area contributed by atoms with Gasteiger partial charge in [-0.05, 0) is 19.1 Å². The summed E-state index contributed by atoms with van der Waals surface area (Å²) in [7, 11) is 0. The second-order valence-electron chi connectivity index (χ2n) is 3.47. The number of hydrogen-bond acceptors (Lipinski definition) is 2. The van der Waals surface area contributed by atoms with Crippen LogP contribution in [-0.2, 0) is 4.79 Å². The van der Waals surface area contributed by atoms with Gasteiger partial charge in [-0.2, -0.15) is 0 Å². The monoisotopic (exact) mass is 188 g/mol. The number of benzene rings is 1. The lowest BCUT2D eigenvalue weighted by atomic mass is 10.2. The van der Waals surface area contributed by atoms with Crippen molar-refractivity contribution in [3.63, 3.8) is 0 Å². The van der Waals surface area contributed by atoms with E-state index in [1.165, 1.54) is 5.56 Å². The number of hydrogen-bond donors (Lipinski definition) is 1. The molecule has 0 unspecified atom stereocenters. The maximum Gasteiger partial charge on any atom is 0.226 e. The second kappa shape index (κ2) is 3.62. The third kappa shape index (κ3) is 1.99. The molecule has 72 valence electrons. The molecule has 1 aliphatic heterocycles. The summed E-state index contributed by atoms with van der Waals surface area (Å²) in [6.07, 6.45) is 0.438. The SMILES string of the molecule is Cc1ccc(N=C2CNC(=O)C2)cc1. The average Bonchev–Trinajstić information content (AvgIpc) is 2.56. The topological polar surface area (TPSA) is 41.5 Å². The lowest BCUT2D eigenvalue weighted by Gasteiger charge is -1.96. The molecule has 0 aromatic heterocycles. The maximum absolute atomic E-state index is 10.9. The summed E-state index contributed by atoms with van der Waals surface area (Å²) in [6.45, 7) is 2.63. The summed E-state index contributed by atoms with van der Waals surface area (Å²) in [6, 6.07) is 7.96. The van der Waals surface area contributed by atoms with Gasteiger partial charge in [0.15, 0.2) is 0 Å². The van der Waals surface area contributed by atoms with Crippen LogP contribution in [-0.4, -0.2) is 18.2 Å². The normalized spacial score (nSPS) is 18.6. The van der Waals surface area contributed by atoms with Crippen LogP contribution in [0.5, 0.6) is 0 Å². The van der Waals surface area contributed by atoms with E-state index in [0.717, 1.165) is 11.4 Å². The molecule has 1 fully saturated rings. The van der Waals surface area contributed by atoms with Crippen LogP contribution in [0.3, 0.4) is 0 Å². The Bertz CT molecular complexity index is 379. The highest BCUT2D eigenvalue weighted by Gasteiger charge is 2.15. The fraction of sp³-hybridized carbons (Fsp3) is 0.273. The van der Waals surface area contributed by atoms with E-state index in [4.69, 9.17) is 0 Å². The molecule has 1 N–H and O–H groups in total. The van der Waals surface area contributed by atoms with Crippen molar-refractivity contribution in [2.75, 3.05) is 6.54 Å². The highest BCUT2D eigenvalue weighted by atomic mass is 16.1. The Labute approximate surface area is 82.9 Å². The predicted molar refractivity (Wildman–Crippen MR) is 55.9 cm³/mol. The molecule has 0 bridgehead atoms. The zero-order valence-electron chi connectivity index (χ0n) is 8.08. The van der Waals surface area contributed by atoms with E-state index in [1.54, 1.807) is 0 Å². The Hall–Kier alpha value is -1.64. The van der Waals surface area contributed by atoms with Crippen molar-refractivity contribution >= 4 is 17.3 Å². The molecule has 1 saturated heterocycles. The van der Waals surface area contributed by atoms with Crippen LogP contribution in [0, 0.1) is 6.92 Å². The first-order valence-electron chi connectivity index (χ1n) is 4.64. The summed E-state index contributed by atoms with van der Waals surface area (Å²) < 4.78 is 0. The van der Waals surface area contributed by atoms with Gasteiger partial charge in [0.25, 0.3) is 0 Å². The quantitative estimate of drug-likeness (QED) is 0.714. The van der Waals surface area contributed by atoms with E-state index in [0.29, 0.717) is 13.0 Å². The Kier molecular flexibility index (Phi) is 2.31. The largest absolute Gasteiger partial charge is 0.350 e. The predicted octanol–water partition coefficient (Wildman–Crippen LogP) is 1.59. The van der Waals surface area contributed by atoms with Gasteiger partial charge in [-0.1, -0.05) is 17.7 Å². The van der Waals surface area contributed by atoms with Crippen molar-refractivity contribution in [1.29, 1.82) is 0 Å². The molecule has 0 radical (unpaired) electrons. The molecule has 1 aromatic carbocycles. The average molecular weight is 188 g/mol. The molecule has 1 amide bonds. The smallest absolute Gasteiger partial charge is 0.226 e. The molecule has 1 heterocycles. The summed E-state index contributed by atoms with van der Waals surface area (Å²) in [5, 5.41) is 2.73. The van der Waals surface area contributed by atoms with Gasteiger partial charge >= 0.3 is 0 Å². The van der Waals surface area contributed by atoms with Crippen molar-refractivity contribution in [1.82, 2.24) is 5.32 Å². The summed E-state index contributed by atoms with van der Waals surface area (Å²) in [5.41, 5.74) is 3.05. The highest BCUT2D eigenvalue weighted by molar-refractivity contribution is 6.09. The summed E-state index contributed by atoms with van der Waals surface area (Å²) >= 11 is 0. The van der Waals surface area contributed by atoms with Crippen LogP contribution in [0.15, 0.2) is 29.3 Å². The first-order chi connectivity index (χ1) is 6.74. The Morgan fingerprint density at radius 1 is 1.29 bits per heavy atom. The van der Waals surface area contributed by atoms with E-state index in [1.807, 2.05) is 31.2 Å². The summed E-state index contributed by atoms with van der Waals surface area (Å²) in [5.74, 6) is 0.0656. The zero-order valence-corrected chi connectivity index (χ0v) is 8.08. The van der Waals surface area contributed by atoms with Crippen LogP contribution >= 0.6 is 0 Å². The number of amides is 1. The number of nitrogens with one attached hydrogen (secondary N) is 1. The zero-order chi connectivity index (χ0) is 9.97. The van der Waals surface area contributed by atoms with Gasteiger partial charge in [0.05, 0.1) is 18.7 Å². The lowest BCUT2D eigenvalue weighted by Crippen LogP contribution is -2.13. The van der Waals surface area contributed by atoms with Crippen LogP contribution in [0.1, 0.15) is 12.0 Å². The number of rotatable bonds is 1. The van der Waals surface area contributed by atoms with E-state index in [2.05, 4.69) is 10.3 Å². The van der Waals surface area contributed by atoms with Gasteiger partial charge in [0.1, 0.15) is 0 Å². The lowest BCUT2D eigenvalue weighted by molar-refractivity contribution is -0.118. The molecule has 2 rings (SSSR count). The van der Waals surface area contributed by atoms with Crippen LogP contribution in [0.2, 0.25) is 0 Å². The molecule has 1 aromatic rings. The molecule has 14 heavy (non-hydrogen) atoms. The minimum atomic E-state index is 0.0656. The van der Waals surface area contributed by atoms with Crippen molar-refractivity contribution in [3.8, 4) is 0 Å². The van der Waals surface area contributed by atoms with Gasteiger partial charge in [-0.15, -0.1) is 0 Å². The fourth-order valence-corrected chi connectivity index (χ4v) is 1.39. The molecule has 0 spiro atoms. The van der Waals surface area contributed by atoms with E-state index in [9.17, 15) is 4.79 Å². The maximum atomic E-state index is 10.9. The minimum absolute atomic E-state index is 0.0656.